The van der Waals surface area contributed by atoms with Crippen molar-refractivity contribution in [2.24, 2.45) is 0 Å². The van der Waals surface area contributed by atoms with Gasteiger partial charge in [-0.05, 0) is 24.6 Å². The Kier molecular flexibility index (Phi) is 4.15. The molecule has 0 aliphatic heterocycles. The van der Waals surface area contributed by atoms with E-state index >= 15 is 0 Å². The highest BCUT2D eigenvalue weighted by molar-refractivity contribution is 5.54. The molecule has 0 aliphatic rings. The third-order valence-electron chi connectivity index (χ3n) is 2.93. The molecule has 0 atom stereocenters. The molecule has 2 aromatic heterocycles. The predicted octanol–water partition coefficient (Wildman–Crippen LogP) is 3.13. The minimum atomic E-state index is 0.515. The van der Waals surface area contributed by atoms with Crippen molar-refractivity contribution in [3.63, 3.8) is 0 Å². The molecule has 0 saturated carbocycles. The number of pyridine rings is 1. The lowest BCUT2D eigenvalue weighted by Crippen LogP contribution is -2.24. The Morgan fingerprint density at radius 1 is 1.44 bits per heavy atom. The molecule has 0 unspecified atom stereocenters. The second-order valence-corrected chi connectivity index (χ2v) is 4.82. The number of imidazole rings is 1. The van der Waals surface area contributed by atoms with Crippen LogP contribution in [0.25, 0.3) is 11.7 Å². The van der Waals surface area contributed by atoms with E-state index in [1.165, 1.54) is 5.57 Å². The Balaban J connectivity index is 2.18. The van der Waals surface area contributed by atoms with Crippen LogP contribution in [-0.4, -0.2) is 22.0 Å². The van der Waals surface area contributed by atoms with Gasteiger partial charge in [-0.25, -0.2) is 4.98 Å². The molecule has 3 nitrogen and oxygen atoms in total. The van der Waals surface area contributed by atoms with Crippen molar-refractivity contribution in [3.05, 3.63) is 41.9 Å². The van der Waals surface area contributed by atoms with Crippen LogP contribution < -0.4 is 5.32 Å². The van der Waals surface area contributed by atoms with E-state index in [2.05, 4.69) is 47.7 Å². The summed E-state index contributed by atoms with van der Waals surface area (Å²) in [7, 11) is 0. The molecule has 0 saturated heterocycles. The average molecular weight is 243 g/mol. The SMILES string of the molecule is CCC(=Cc1cn2ccccc2n1)CNC(C)C. The number of rotatable bonds is 5. The molecule has 2 aromatic rings. The first kappa shape index (κ1) is 12.8. The molecule has 0 fully saturated rings. The van der Waals surface area contributed by atoms with Crippen LogP contribution in [0.2, 0.25) is 0 Å². The van der Waals surface area contributed by atoms with E-state index in [4.69, 9.17) is 0 Å². The van der Waals surface area contributed by atoms with Crippen molar-refractivity contribution in [1.82, 2.24) is 14.7 Å². The van der Waals surface area contributed by atoms with Gasteiger partial charge in [0.25, 0.3) is 0 Å². The largest absolute Gasteiger partial charge is 0.311 e. The minimum Gasteiger partial charge on any atom is -0.311 e. The Bertz CT molecular complexity index is 504. The molecular formula is C15H21N3. The maximum Gasteiger partial charge on any atom is 0.137 e. The highest BCUT2D eigenvalue weighted by atomic mass is 15.0. The Morgan fingerprint density at radius 2 is 2.28 bits per heavy atom. The monoisotopic (exact) mass is 243 g/mol. The van der Waals surface area contributed by atoms with Gasteiger partial charge >= 0.3 is 0 Å². The smallest absolute Gasteiger partial charge is 0.137 e. The quantitative estimate of drug-likeness (QED) is 0.874. The van der Waals surface area contributed by atoms with Crippen molar-refractivity contribution in [1.29, 1.82) is 0 Å². The molecule has 96 valence electrons. The summed E-state index contributed by atoms with van der Waals surface area (Å²) in [5, 5.41) is 3.45. The molecule has 0 bridgehead atoms. The van der Waals surface area contributed by atoms with Crippen molar-refractivity contribution in [2.45, 2.75) is 33.2 Å². The maximum atomic E-state index is 4.59. The van der Waals surface area contributed by atoms with Gasteiger partial charge in [-0.15, -0.1) is 0 Å². The molecule has 0 aromatic carbocycles. The molecule has 2 heterocycles. The van der Waals surface area contributed by atoms with Crippen molar-refractivity contribution in [2.75, 3.05) is 6.54 Å². The molecule has 0 radical (unpaired) electrons. The maximum absolute atomic E-state index is 4.59. The van der Waals surface area contributed by atoms with Crippen LogP contribution in [0.1, 0.15) is 32.9 Å². The second kappa shape index (κ2) is 5.83. The Labute approximate surface area is 109 Å². The fourth-order valence-electron chi connectivity index (χ4n) is 1.85. The molecule has 18 heavy (non-hydrogen) atoms. The van der Waals surface area contributed by atoms with Gasteiger partial charge in [0.15, 0.2) is 0 Å². The lowest BCUT2D eigenvalue weighted by atomic mass is 10.1. The van der Waals surface area contributed by atoms with E-state index in [0.29, 0.717) is 6.04 Å². The first-order valence-electron chi connectivity index (χ1n) is 6.55. The van der Waals surface area contributed by atoms with Gasteiger partial charge in [-0.3, -0.25) is 0 Å². The fraction of sp³-hybridized carbons (Fsp3) is 0.400. The molecule has 0 aliphatic carbocycles. The fourth-order valence-corrected chi connectivity index (χ4v) is 1.85. The lowest BCUT2D eigenvalue weighted by Gasteiger charge is -2.09. The summed E-state index contributed by atoms with van der Waals surface area (Å²) in [4.78, 5) is 4.59. The van der Waals surface area contributed by atoms with Crippen LogP contribution in [0, 0.1) is 0 Å². The van der Waals surface area contributed by atoms with Crippen LogP contribution in [0.15, 0.2) is 36.2 Å². The standard InChI is InChI=1S/C15H21N3/c1-4-13(10-16-12(2)3)9-14-11-18-8-6-5-7-15(18)17-14/h5-9,11-12,16H,4,10H2,1-3H3. The average Bonchev–Trinajstić information content (AvgIpc) is 2.76. The first-order chi connectivity index (χ1) is 8.69. The van der Waals surface area contributed by atoms with Crippen LogP contribution in [-0.2, 0) is 0 Å². The zero-order valence-electron chi connectivity index (χ0n) is 11.4. The number of nitrogens with one attached hydrogen (secondary N) is 1. The molecule has 3 heteroatoms. The van der Waals surface area contributed by atoms with E-state index in [-0.39, 0.29) is 0 Å². The second-order valence-electron chi connectivity index (χ2n) is 4.82. The van der Waals surface area contributed by atoms with Crippen LogP contribution in [0.3, 0.4) is 0 Å². The minimum absolute atomic E-state index is 0.515. The number of hydrogen-bond acceptors (Lipinski definition) is 2. The summed E-state index contributed by atoms with van der Waals surface area (Å²) in [6.07, 6.45) is 7.33. The number of hydrogen-bond donors (Lipinski definition) is 1. The summed E-state index contributed by atoms with van der Waals surface area (Å²) in [5.41, 5.74) is 3.41. The van der Waals surface area contributed by atoms with E-state index < -0.39 is 0 Å². The highest BCUT2D eigenvalue weighted by Gasteiger charge is 2.01. The summed E-state index contributed by atoms with van der Waals surface area (Å²) in [5.74, 6) is 0. The zero-order valence-corrected chi connectivity index (χ0v) is 11.4. The summed E-state index contributed by atoms with van der Waals surface area (Å²) in [6, 6.07) is 6.57. The van der Waals surface area contributed by atoms with E-state index in [0.717, 1.165) is 24.3 Å². The molecular weight excluding hydrogens is 222 g/mol. The Morgan fingerprint density at radius 3 is 2.94 bits per heavy atom. The predicted molar refractivity (Wildman–Crippen MR) is 76.6 cm³/mol. The molecule has 0 spiro atoms. The van der Waals surface area contributed by atoms with E-state index in [1.54, 1.807) is 0 Å². The van der Waals surface area contributed by atoms with Crippen LogP contribution >= 0.6 is 0 Å². The van der Waals surface area contributed by atoms with Gasteiger partial charge in [0.1, 0.15) is 5.65 Å². The topological polar surface area (TPSA) is 29.3 Å². The molecule has 0 amide bonds. The van der Waals surface area contributed by atoms with Gasteiger partial charge in [0, 0.05) is 25.0 Å². The van der Waals surface area contributed by atoms with E-state index in [1.807, 2.05) is 24.4 Å². The van der Waals surface area contributed by atoms with Crippen molar-refractivity contribution < 1.29 is 0 Å². The normalized spacial score (nSPS) is 12.6. The summed E-state index contributed by atoms with van der Waals surface area (Å²) >= 11 is 0. The third kappa shape index (κ3) is 3.20. The van der Waals surface area contributed by atoms with Gasteiger partial charge in [-0.2, -0.15) is 0 Å². The number of nitrogens with zero attached hydrogens (tertiary/aromatic N) is 2. The lowest BCUT2D eigenvalue weighted by molar-refractivity contribution is 0.617. The van der Waals surface area contributed by atoms with Gasteiger partial charge in [-0.1, -0.05) is 32.4 Å². The van der Waals surface area contributed by atoms with E-state index in [9.17, 15) is 0 Å². The summed E-state index contributed by atoms with van der Waals surface area (Å²) < 4.78 is 2.05. The number of fused-ring (bicyclic) bond motifs is 1. The van der Waals surface area contributed by atoms with Gasteiger partial charge in [0.2, 0.25) is 0 Å². The molecule has 1 N–H and O–H groups in total. The zero-order chi connectivity index (χ0) is 13.0. The van der Waals surface area contributed by atoms with Crippen LogP contribution in [0.5, 0.6) is 0 Å². The summed E-state index contributed by atoms with van der Waals surface area (Å²) in [6.45, 7) is 7.45. The number of aromatic nitrogens is 2. The first-order valence-corrected chi connectivity index (χ1v) is 6.55. The third-order valence-corrected chi connectivity index (χ3v) is 2.93. The van der Waals surface area contributed by atoms with Gasteiger partial charge < -0.3 is 9.72 Å². The van der Waals surface area contributed by atoms with Crippen LogP contribution in [0.4, 0.5) is 0 Å². The Hall–Kier alpha value is -1.61. The van der Waals surface area contributed by atoms with Gasteiger partial charge in [0.05, 0.1) is 5.69 Å². The van der Waals surface area contributed by atoms with Crippen molar-refractivity contribution in [3.8, 4) is 0 Å². The van der Waals surface area contributed by atoms with Crippen molar-refractivity contribution >= 4 is 11.7 Å². The molecule has 2 rings (SSSR count). The highest BCUT2D eigenvalue weighted by Crippen LogP contribution is 2.10.